The molecular formula is C21H22N2O4. The number of amides is 2. The van der Waals surface area contributed by atoms with Crippen molar-refractivity contribution in [2.24, 2.45) is 0 Å². The minimum atomic E-state index is -1.21. The maximum atomic E-state index is 12.7. The molecule has 140 valence electrons. The lowest BCUT2D eigenvalue weighted by Crippen LogP contribution is -2.52. The molecule has 2 aromatic rings. The van der Waals surface area contributed by atoms with Gasteiger partial charge in [0.1, 0.15) is 5.54 Å². The second-order valence-electron chi connectivity index (χ2n) is 6.83. The van der Waals surface area contributed by atoms with Crippen LogP contribution in [0.25, 0.3) is 0 Å². The van der Waals surface area contributed by atoms with Gasteiger partial charge in [-0.1, -0.05) is 37.1 Å². The zero-order valence-corrected chi connectivity index (χ0v) is 15.1. The fourth-order valence-corrected chi connectivity index (χ4v) is 3.42. The summed E-state index contributed by atoms with van der Waals surface area (Å²) in [4.78, 5) is 38.5. The molecule has 0 aliphatic heterocycles. The molecule has 2 N–H and O–H groups in total. The van der Waals surface area contributed by atoms with Gasteiger partial charge in [-0.25, -0.2) is 4.79 Å². The minimum Gasteiger partial charge on any atom is -0.480 e. The zero-order chi connectivity index (χ0) is 19.4. The Morgan fingerprint density at radius 2 is 1.59 bits per heavy atom. The Bertz CT molecular complexity index is 857. The standard InChI is InChI=1S/C21H22N2O4/c1-23(17-10-3-2-4-11-17)19(25)16-9-7-8-15(14-16)18(24)22-21(20(26)27)12-5-6-13-21/h2-4,7-11,14H,5-6,12-13H2,1H3,(H,22,24)(H,26,27). The third-order valence-electron chi connectivity index (χ3n) is 5.04. The van der Waals surface area contributed by atoms with Gasteiger partial charge in [-0.2, -0.15) is 0 Å². The summed E-state index contributed by atoms with van der Waals surface area (Å²) >= 11 is 0. The van der Waals surface area contributed by atoms with E-state index in [2.05, 4.69) is 5.32 Å². The summed E-state index contributed by atoms with van der Waals surface area (Å²) in [6, 6.07) is 15.6. The summed E-state index contributed by atoms with van der Waals surface area (Å²) in [5.74, 6) is -1.73. The number of carboxylic acids is 1. The maximum absolute atomic E-state index is 12.7. The van der Waals surface area contributed by atoms with Crippen LogP contribution in [0.2, 0.25) is 0 Å². The normalized spacial score (nSPS) is 15.1. The third-order valence-corrected chi connectivity index (χ3v) is 5.04. The number of carbonyl (C=O) groups is 3. The van der Waals surface area contributed by atoms with Crippen molar-refractivity contribution >= 4 is 23.5 Å². The van der Waals surface area contributed by atoms with Gasteiger partial charge in [0.15, 0.2) is 0 Å². The second-order valence-corrected chi connectivity index (χ2v) is 6.83. The maximum Gasteiger partial charge on any atom is 0.329 e. The highest BCUT2D eigenvalue weighted by molar-refractivity contribution is 6.07. The van der Waals surface area contributed by atoms with Crippen molar-refractivity contribution in [3.63, 3.8) is 0 Å². The number of carbonyl (C=O) groups excluding carboxylic acids is 2. The molecule has 2 amide bonds. The number of nitrogens with one attached hydrogen (secondary N) is 1. The minimum absolute atomic E-state index is 0.246. The van der Waals surface area contributed by atoms with Crippen molar-refractivity contribution in [1.82, 2.24) is 5.32 Å². The number of aliphatic carboxylic acids is 1. The van der Waals surface area contributed by atoms with E-state index in [9.17, 15) is 19.5 Å². The summed E-state index contributed by atoms with van der Waals surface area (Å²) in [5.41, 5.74) is 0.172. The molecule has 0 atom stereocenters. The summed E-state index contributed by atoms with van der Waals surface area (Å²) < 4.78 is 0. The molecule has 27 heavy (non-hydrogen) atoms. The molecule has 1 aliphatic carbocycles. The monoisotopic (exact) mass is 366 g/mol. The SMILES string of the molecule is CN(C(=O)c1cccc(C(=O)NC2(C(=O)O)CCCC2)c1)c1ccccc1. The molecule has 0 unspecified atom stereocenters. The Labute approximate surface area is 157 Å². The van der Waals surface area contributed by atoms with Crippen LogP contribution in [0.1, 0.15) is 46.4 Å². The topological polar surface area (TPSA) is 86.7 Å². The van der Waals surface area contributed by atoms with Crippen LogP contribution in [-0.4, -0.2) is 35.5 Å². The van der Waals surface area contributed by atoms with Crippen LogP contribution < -0.4 is 10.2 Å². The Balaban J connectivity index is 1.80. The van der Waals surface area contributed by atoms with E-state index in [1.54, 1.807) is 25.2 Å². The van der Waals surface area contributed by atoms with Gasteiger partial charge in [-0.05, 0) is 43.2 Å². The first-order valence-corrected chi connectivity index (χ1v) is 8.92. The first-order chi connectivity index (χ1) is 12.9. The van der Waals surface area contributed by atoms with Gasteiger partial charge in [-0.15, -0.1) is 0 Å². The molecule has 0 bridgehead atoms. The van der Waals surface area contributed by atoms with Gasteiger partial charge in [0.2, 0.25) is 0 Å². The zero-order valence-electron chi connectivity index (χ0n) is 15.1. The van der Waals surface area contributed by atoms with Crippen molar-refractivity contribution in [2.45, 2.75) is 31.2 Å². The van der Waals surface area contributed by atoms with Gasteiger partial charge in [0, 0.05) is 23.9 Å². The van der Waals surface area contributed by atoms with Crippen LogP contribution in [-0.2, 0) is 4.79 Å². The highest BCUT2D eigenvalue weighted by atomic mass is 16.4. The molecule has 1 saturated carbocycles. The first kappa shape index (κ1) is 18.6. The second kappa shape index (κ2) is 7.61. The van der Waals surface area contributed by atoms with E-state index in [-0.39, 0.29) is 11.5 Å². The van der Waals surface area contributed by atoms with Crippen molar-refractivity contribution in [3.05, 3.63) is 65.7 Å². The lowest BCUT2D eigenvalue weighted by molar-refractivity contribution is -0.144. The molecule has 3 rings (SSSR count). The van der Waals surface area contributed by atoms with E-state index in [0.717, 1.165) is 18.5 Å². The molecule has 0 aromatic heterocycles. The number of benzene rings is 2. The van der Waals surface area contributed by atoms with Gasteiger partial charge >= 0.3 is 5.97 Å². The van der Waals surface area contributed by atoms with Crippen molar-refractivity contribution in [2.75, 3.05) is 11.9 Å². The summed E-state index contributed by atoms with van der Waals surface area (Å²) in [7, 11) is 1.67. The molecule has 1 fully saturated rings. The van der Waals surface area contributed by atoms with E-state index in [0.29, 0.717) is 18.4 Å². The average molecular weight is 366 g/mol. The van der Waals surface area contributed by atoms with Crippen molar-refractivity contribution in [1.29, 1.82) is 0 Å². The predicted molar refractivity (Wildman–Crippen MR) is 102 cm³/mol. The van der Waals surface area contributed by atoms with Gasteiger partial charge in [-0.3, -0.25) is 9.59 Å². The van der Waals surface area contributed by atoms with Crippen molar-refractivity contribution in [3.8, 4) is 0 Å². The number of nitrogens with zero attached hydrogens (tertiary/aromatic N) is 1. The molecular weight excluding hydrogens is 344 g/mol. The molecule has 6 heteroatoms. The lowest BCUT2D eigenvalue weighted by atomic mass is 9.97. The van der Waals surface area contributed by atoms with Crippen LogP contribution in [0.5, 0.6) is 0 Å². The van der Waals surface area contributed by atoms with Crippen LogP contribution in [0, 0.1) is 0 Å². The van der Waals surface area contributed by atoms with E-state index in [1.807, 2.05) is 30.3 Å². The van der Waals surface area contributed by atoms with Crippen LogP contribution in [0.4, 0.5) is 5.69 Å². The number of anilines is 1. The molecule has 6 nitrogen and oxygen atoms in total. The Morgan fingerprint density at radius 3 is 2.22 bits per heavy atom. The van der Waals surface area contributed by atoms with Gasteiger partial charge in [0.05, 0.1) is 0 Å². The first-order valence-electron chi connectivity index (χ1n) is 8.92. The van der Waals surface area contributed by atoms with Crippen LogP contribution in [0.15, 0.2) is 54.6 Å². The van der Waals surface area contributed by atoms with E-state index < -0.39 is 17.4 Å². The molecule has 2 aromatic carbocycles. The lowest BCUT2D eigenvalue weighted by Gasteiger charge is -2.25. The van der Waals surface area contributed by atoms with Crippen LogP contribution in [0.3, 0.4) is 0 Å². The Kier molecular flexibility index (Phi) is 5.26. The number of hydrogen-bond acceptors (Lipinski definition) is 3. The summed E-state index contributed by atoms with van der Waals surface area (Å²) in [6.07, 6.45) is 2.38. The average Bonchev–Trinajstić information content (AvgIpc) is 3.17. The predicted octanol–water partition coefficient (Wildman–Crippen LogP) is 3.09. The number of hydrogen-bond donors (Lipinski definition) is 2. The Hall–Kier alpha value is -3.15. The smallest absolute Gasteiger partial charge is 0.329 e. The summed E-state index contributed by atoms with van der Waals surface area (Å²) in [5, 5.41) is 12.2. The van der Waals surface area contributed by atoms with Crippen molar-refractivity contribution < 1.29 is 19.5 Å². The van der Waals surface area contributed by atoms with E-state index in [1.165, 1.54) is 11.0 Å². The van der Waals surface area contributed by atoms with Crippen LogP contribution >= 0.6 is 0 Å². The van der Waals surface area contributed by atoms with E-state index >= 15 is 0 Å². The molecule has 0 heterocycles. The number of carboxylic acid groups (broad SMARTS) is 1. The number of rotatable bonds is 5. The third kappa shape index (κ3) is 3.84. The quantitative estimate of drug-likeness (QED) is 0.851. The summed E-state index contributed by atoms with van der Waals surface area (Å²) in [6.45, 7) is 0. The molecule has 0 radical (unpaired) electrons. The fourth-order valence-electron chi connectivity index (χ4n) is 3.42. The highest BCUT2D eigenvalue weighted by Gasteiger charge is 2.42. The largest absolute Gasteiger partial charge is 0.480 e. The molecule has 0 saturated heterocycles. The molecule has 1 aliphatic rings. The van der Waals surface area contributed by atoms with Gasteiger partial charge < -0.3 is 15.3 Å². The van der Waals surface area contributed by atoms with Gasteiger partial charge in [0.25, 0.3) is 11.8 Å². The highest BCUT2D eigenvalue weighted by Crippen LogP contribution is 2.30. The number of para-hydroxylation sites is 1. The Morgan fingerprint density at radius 1 is 0.963 bits per heavy atom. The fraction of sp³-hybridized carbons (Fsp3) is 0.286. The molecule has 0 spiro atoms. The van der Waals surface area contributed by atoms with E-state index in [4.69, 9.17) is 0 Å².